The molecule has 2 aliphatic rings. The van der Waals surface area contributed by atoms with Gasteiger partial charge in [-0.2, -0.15) is 29.8 Å². The van der Waals surface area contributed by atoms with Crippen molar-refractivity contribution in [2.75, 3.05) is 29.5 Å². The minimum atomic E-state index is -4.41. The lowest BCUT2D eigenvalue weighted by Gasteiger charge is -2.27. The average Bonchev–Trinajstić information content (AvgIpc) is 3.43. The SMILES string of the molecule is CC1(C)C(=CC=CC=CC2=[N+](CCCCS(=O)(=O)O)c3ccc4cc(S(=O)(=O)O)ccc4c3C2(C)C)N(CCCCS(=O)(=O)O)c2ccc(SOOO)cc21. The van der Waals surface area contributed by atoms with Gasteiger partial charge >= 0.3 is 0 Å². The minimum Gasteiger partial charge on any atom is -0.344 e. The van der Waals surface area contributed by atoms with Crippen molar-refractivity contribution in [3.8, 4) is 0 Å². The van der Waals surface area contributed by atoms with E-state index in [1.165, 1.54) is 12.1 Å². The molecule has 0 saturated carbocycles. The maximum Gasteiger partial charge on any atom is 0.294 e. The quantitative estimate of drug-likeness (QED) is 0.0205. The van der Waals surface area contributed by atoms with Crippen molar-refractivity contribution in [1.29, 1.82) is 0 Å². The van der Waals surface area contributed by atoms with Crippen LogP contribution >= 0.6 is 12.0 Å². The zero-order chi connectivity index (χ0) is 40.4. The molecule has 0 unspecified atom stereocenters. The van der Waals surface area contributed by atoms with Crippen molar-refractivity contribution in [2.45, 2.75) is 74.0 Å². The molecule has 0 aromatic heterocycles. The first-order chi connectivity index (χ1) is 25.6. The van der Waals surface area contributed by atoms with Crippen LogP contribution in [0.15, 0.2) is 94.4 Å². The van der Waals surface area contributed by atoms with Crippen LogP contribution in [-0.2, 0) is 50.6 Å². The zero-order valence-electron chi connectivity index (χ0n) is 30.7. The Morgan fingerprint density at radius 1 is 0.800 bits per heavy atom. The first-order valence-corrected chi connectivity index (χ1v) is 22.8. The van der Waals surface area contributed by atoms with Crippen molar-refractivity contribution in [3.63, 3.8) is 0 Å². The molecule has 0 fully saturated rings. The lowest BCUT2D eigenvalue weighted by Crippen LogP contribution is -2.28. The molecule has 0 amide bonds. The Labute approximate surface area is 326 Å². The molecule has 298 valence electrons. The van der Waals surface area contributed by atoms with E-state index < -0.39 is 41.2 Å². The van der Waals surface area contributed by atoms with Crippen molar-refractivity contribution in [3.05, 3.63) is 95.7 Å². The topological polar surface area (TPSA) is 208 Å². The highest BCUT2D eigenvalue weighted by atomic mass is 32.2. The third kappa shape index (κ3) is 9.94. The fraction of sp³-hybridized carbons (Fsp3) is 0.378. The molecule has 4 N–H and O–H groups in total. The average molecular weight is 838 g/mol. The van der Waals surface area contributed by atoms with Gasteiger partial charge in [-0.1, -0.05) is 43.2 Å². The number of allylic oxidation sites excluding steroid dienone is 6. The van der Waals surface area contributed by atoms with E-state index in [2.05, 4.69) is 32.7 Å². The van der Waals surface area contributed by atoms with Gasteiger partial charge in [0.15, 0.2) is 5.71 Å². The van der Waals surface area contributed by atoms with Gasteiger partial charge in [-0.3, -0.25) is 13.7 Å². The number of hydrogen-bond acceptors (Lipinski definition) is 11. The third-order valence-electron chi connectivity index (χ3n) is 9.94. The summed E-state index contributed by atoms with van der Waals surface area (Å²) in [5.41, 5.74) is 4.48. The summed E-state index contributed by atoms with van der Waals surface area (Å²) >= 11 is 0.849. The van der Waals surface area contributed by atoms with Crippen LogP contribution in [0.1, 0.15) is 64.5 Å². The van der Waals surface area contributed by atoms with Gasteiger partial charge in [-0.25, -0.2) is 5.26 Å². The van der Waals surface area contributed by atoms with E-state index >= 15 is 0 Å². The van der Waals surface area contributed by atoms with Crippen LogP contribution in [0.5, 0.6) is 0 Å². The Hall–Kier alpha value is -3.43. The summed E-state index contributed by atoms with van der Waals surface area (Å²) in [5.74, 6) is -0.703. The van der Waals surface area contributed by atoms with E-state index in [4.69, 9.17) is 5.26 Å². The minimum absolute atomic E-state index is 0.212. The Bertz CT molecular complexity index is 2420. The van der Waals surface area contributed by atoms with Crippen LogP contribution in [0.25, 0.3) is 10.8 Å². The number of benzene rings is 3. The van der Waals surface area contributed by atoms with E-state index in [-0.39, 0.29) is 29.2 Å². The van der Waals surface area contributed by atoms with Gasteiger partial charge in [-0.05, 0) is 91.9 Å². The Kier molecular flexibility index (Phi) is 12.9. The van der Waals surface area contributed by atoms with Crippen LogP contribution in [0.4, 0.5) is 11.4 Å². The molecule has 2 aliphatic heterocycles. The molecule has 0 aliphatic carbocycles. The molecule has 14 nitrogen and oxygen atoms in total. The molecule has 3 aromatic rings. The zero-order valence-corrected chi connectivity index (χ0v) is 34.0. The molecule has 18 heteroatoms. The van der Waals surface area contributed by atoms with Gasteiger partial charge in [0.25, 0.3) is 30.4 Å². The predicted octanol–water partition coefficient (Wildman–Crippen LogP) is 7.02. The second-order valence-corrected chi connectivity index (χ2v) is 19.8. The van der Waals surface area contributed by atoms with Crippen LogP contribution in [-0.4, -0.2) is 79.1 Å². The van der Waals surface area contributed by atoms with E-state index in [0.717, 1.165) is 51.3 Å². The summed E-state index contributed by atoms with van der Waals surface area (Å²) < 4.78 is 104. The predicted molar refractivity (Wildman–Crippen MR) is 212 cm³/mol. The molecule has 5 rings (SSSR count). The summed E-state index contributed by atoms with van der Waals surface area (Å²) in [6.45, 7) is 9.16. The van der Waals surface area contributed by atoms with Crippen molar-refractivity contribution >= 4 is 70.3 Å². The highest BCUT2D eigenvalue weighted by molar-refractivity contribution is 7.94. The highest BCUT2D eigenvalue weighted by Gasteiger charge is 2.45. The fourth-order valence-corrected chi connectivity index (χ4v) is 9.49. The molecule has 2 heterocycles. The Morgan fingerprint density at radius 3 is 2.15 bits per heavy atom. The number of anilines is 1. The second-order valence-electron chi connectivity index (χ2n) is 14.4. The fourth-order valence-electron chi connectivity index (χ4n) is 7.44. The van der Waals surface area contributed by atoms with E-state index in [1.54, 1.807) is 12.1 Å². The summed E-state index contributed by atoms with van der Waals surface area (Å²) in [5, 5.41) is 13.8. The maximum atomic E-state index is 11.9. The van der Waals surface area contributed by atoms with E-state index in [0.29, 0.717) is 36.2 Å². The number of nitrogens with zero attached hydrogens (tertiary/aromatic N) is 2. The first-order valence-electron chi connectivity index (χ1n) is 17.4. The van der Waals surface area contributed by atoms with Gasteiger partial charge < -0.3 is 4.90 Å². The van der Waals surface area contributed by atoms with E-state index in [9.17, 15) is 38.9 Å². The summed E-state index contributed by atoms with van der Waals surface area (Å²) in [6.07, 6.45) is 11.1. The smallest absolute Gasteiger partial charge is 0.294 e. The lowest BCUT2D eigenvalue weighted by molar-refractivity contribution is -0.438. The first kappa shape index (κ1) is 42.7. The van der Waals surface area contributed by atoms with Crippen LogP contribution in [0.3, 0.4) is 0 Å². The van der Waals surface area contributed by atoms with Crippen LogP contribution < -0.4 is 4.90 Å². The van der Waals surface area contributed by atoms with Gasteiger partial charge in [0, 0.05) is 52.4 Å². The van der Waals surface area contributed by atoms with Crippen molar-refractivity contribution in [1.82, 2.24) is 0 Å². The standard InChI is InChI=1S/C37H44N2O12S4/c1-36(2)30-25-27(52-51-50-40)15-19-31(30)38(20-8-10-22-53(41,42)43)33(36)12-6-5-7-13-34-37(3,4)35-29-17-16-28(55(47,48)49)24-26(29)14-18-32(35)39(34)21-9-11-23-54(44,45)46/h5-7,12-19,24-25H,8-11,20-23H2,1-4H3,(H3-,40,41,42,43,44,45,46,47,48,49)/p+1. The van der Waals surface area contributed by atoms with Crippen molar-refractivity contribution in [2.24, 2.45) is 0 Å². The summed E-state index contributed by atoms with van der Waals surface area (Å²) in [7, 11) is -12.6. The molecule has 0 spiro atoms. The monoisotopic (exact) mass is 837 g/mol. The van der Waals surface area contributed by atoms with E-state index in [1.807, 2.05) is 68.5 Å². The molecule has 0 atom stereocenters. The molecule has 0 bridgehead atoms. The Morgan fingerprint density at radius 2 is 1.49 bits per heavy atom. The number of unbranched alkanes of at least 4 members (excludes halogenated alkanes) is 2. The molecular formula is C37H45N2O12S4+. The summed E-state index contributed by atoms with van der Waals surface area (Å²) in [6, 6.07) is 13.8. The largest absolute Gasteiger partial charge is 0.344 e. The van der Waals surface area contributed by atoms with Crippen molar-refractivity contribution < 1.29 is 58.1 Å². The Balaban J connectivity index is 1.48. The van der Waals surface area contributed by atoms with Gasteiger partial charge in [0.2, 0.25) is 5.69 Å². The highest BCUT2D eigenvalue weighted by Crippen LogP contribution is 2.49. The second kappa shape index (κ2) is 16.6. The normalized spacial score (nSPS) is 17.7. The van der Waals surface area contributed by atoms with Crippen LogP contribution in [0, 0.1) is 0 Å². The number of fused-ring (bicyclic) bond motifs is 4. The van der Waals surface area contributed by atoms with Gasteiger partial charge in [0.05, 0.1) is 33.9 Å². The lowest BCUT2D eigenvalue weighted by atomic mass is 9.79. The maximum absolute atomic E-state index is 11.9. The molecule has 0 radical (unpaired) electrons. The van der Waals surface area contributed by atoms with Gasteiger partial charge in [-0.15, -0.1) is 4.33 Å². The van der Waals surface area contributed by atoms with Gasteiger partial charge in [0.1, 0.15) is 6.54 Å². The summed E-state index contributed by atoms with van der Waals surface area (Å²) in [4.78, 5) is 2.60. The molecule has 3 aromatic carbocycles. The molecule has 55 heavy (non-hydrogen) atoms. The molecule has 0 saturated heterocycles. The molecular weight excluding hydrogens is 793 g/mol. The van der Waals surface area contributed by atoms with Crippen LogP contribution in [0.2, 0.25) is 0 Å². The number of rotatable bonds is 17. The third-order valence-corrected chi connectivity index (χ3v) is 13.0. The number of hydrogen-bond donors (Lipinski definition) is 4.